The summed E-state index contributed by atoms with van der Waals surface area (Å²) < 4.78 is 0. The van der Waals surface area contributed by atoms with E-state index in [1.807, 2.05) is 24.3 Å². The van der Waals surface area contributed by atoms with Crippen LogP contribution in [0.3, 0.4) is 0 Å². The summed E-state index contributed by atoms with van der Waals surface area (Å²) in [6, 6.07) is 14.1. The highest BCUT2D eigenvalue weighted by molar-refractivity contribution is 5.82. The SMILES string of the molecule is Nc1cccc2c1C(N)c1ccccc1-2. The highest BCUT2D eigenvalue weighted by Gasteiger charge is 2.26. The van der Waals surface area contributed by atoms with E-state index in [2.05, 4.69) is 18.2 Å². The molecular formula is C13H12N2. The van der Waals surface area contributed by atoms with Gasteiger partial charge in [-0.3, -0.25) is 0 Å². The molecule has 0 fully saturated rings. The molecule has 0 radical (unpaired) electrons. The molecule has 0 aliphatic heterocycles. The van der Waals surface area contributed by atoms with Crippen LogP contribution in [0, 0.1) is 0 Å². The number of benzene rings is 2. The number of rotatable bonds is 0. The smallest absolute Gasteiger partial charge is 0.0584 e. The molecule has 0 heterocycles. The van der Waals surface area contributed by atoms with E-state index in [4.69, 9.17) is 11.5 Å². The van der Waals surface area contributed by atoms with Crippen molar-refractivity contribution in [2.24, 2.45) is 5.73 Å². The second-order valence-corrected chi connectivity index (χ2v) is 3.87. The Morgan fingerprint density at radius 2 is 1.60 bits per heavy atom. The summed E-state index contributed by atoms with van der Waals surface area (Å²) in [5.74, 6) is 0. The first-order chi connectivity index (χ1) is 7.29. The van der Waals surface area contributed by atoms with Crippen LogP contribution in [0.5, 0.6) is 0 Å². The molecule has 2 aromatic carbocycles. The fraction of sp³-hybridized carbons (Fsp3) is 0.0769. The second kappa shape index (κ2) is 2.84. The maximum Gasteiger partial charge on any atom is 0.0584 e. The largest absolute Gasteiger partial charge is 0.398 e. The summed E-state index contributed by atoms with van der Waals surface area (Å²) >= 11 is 0. The van der Waals surface area contributed by atoms with Crippen molar-refractivity contribution in [3.63, 3.8) is 0 Å². The lowest BCUT2D eigenvalue weighted by atomic mass is 10.0. The molecule has 1 unspecified atom stereocenters. The number of hydrogen-bond donors (Lipinski definition) is 2. The zero-order chi connectivity index (χ0) is 10.4. The zero-order valence-corrected chi connectivity index (χ0v) is 8.27. The van der Waals surface area contributed by atoms with Crippen LogP contribution in [-0.4, -0.2) is 0 Å². The van der Waals surface area contributed by atoms with Crippen molar-refractivity contribution in [1.82, 2.24) is 0 Å². The normalized spacial score (nSPS) is 17.3. The van der Waals surface area contributed by atoms with Gasteiger partial charge in [0.2, 0.25) is 0 Å². The van der Waals surface area contributed by atoms with Gasteiger partial charge in [0.1, 0.15) is 0 Å². The molecule has 0 saturated heterocycles. The molecule has 0 saturated carbocycles. The van der Waals surface area contributed by atoms with Crippen LogP contribution in [0.2, 0.25) is 0 Å². The Morgan fingerprint density at radius 1 is 0.867 bits per heavy atom. The van der Waals surface area contributed by atoms with Crippen molar-refractivity contribution in [1.29, 1.82) is 0 Å². The van der Waals surface area contributed by atoms with Gasteiger partial charge < -0.3 is 11.5 Å². The molecule has 2 nitrogen and oxygen atoms in total. The molecule has 0 amide bonds. The van der Waals surface area contributed by atoms with Gasteiger partial charge in [0.25, 0.3) is 0 Å². The molecule has 0 bridgehead atoms. The standard InChI is InChI=1S/C13H12N2/c14-11-7-3-6-9-8-4-1-2-5-10(8)13(15)12(9)11/h1-7,13H,14-15H2. The van der Waals surface area contributed by atoms with E-state index in [1.165, 1.54) is 16.7 Å². The van der Waals surface area contributed by atoms with Gasteiger partial charge in [0.15, 0.2) is 0 Å². The summed E-state index contributed by atoms with van der Waals surface area (Å²) in [7, 11) is 0. The number of nitrogen functional groups attached to an aromatic ring is 1. The summed E-state index contributed by atoms with van der Waals surface area (Å²) in [6.45, 7) is 0. The van der Waals surface area contributed by atoms with Gasteiger partial charge in [0, 0.05) is 11.3 Å². The highest BCUT2D eigenvalue weighted by Crippen LogP contribution is 2.44. The number of anilines is 1. The van der Waals surface area contributed by atoms with Crippen LogP contribution in [0.25, 0.3) is 11.1 Å². The van der Waals surface area contributed by atoms with Crippen molar-refractivity contribution in [3.8, 4) is 11.1 Å². The molecule has 74 valence electrons. The van der Waals surface area contributed by atoms with Gasteiger partial charge in [-0.1, -0.05) is 36.4 Å². The third-order valence-electron chi connectivity index (χ3n) is 3.04. The minimum absolute atomic E-state index is 0.0719. The Bertz CT molecular complexity index is 532. The molecule has 1 aliphatic carbocycles. The summed E-state index contributed by atoms with van der Waals surface area (Å²) in [5.41, 5.74) is 17.6. The lowest BCUT2D eigenvalue weighted by Crippen LogP contribution is -2.10. The third-order valence-corrected chi connectivity index (χ3v) is 3.04. The first-order valence-electron chi connectivity index (χ1n) is 5.02. The van der Waals surface area contributed by atoms with Crippen molar-refractivity contribution >= 4 is 5.69 Å². The molecule has 4 N–H and O–H groups in total. The quantitative estimate of drug-likeness (QED) is 0.635. The summed E-state index contributed by atoms with van der Waals surface area (Å²) in [6.07, 6.45) is 0. The Balaban J connectivity index is 2.37. The van der Waals surface area contributed by atoms with E-state index in [-0.39, 0.29) is 6.04 Å². The van der Waals surface area contributed by atoms with E-state index in [0.29, 0.717) is 0 Å². The topological polar surface area (TPSA) is 52.0 Å². The molecular weight excluding hydrogens is 184 g/mol. The fourth-order valence-electron chi connectivity index (χ4n) is 2.33. The predicted octanol–water partition coefficient (Wildman–Crippen LogP) is 2.30. The van der Waals surface area contributed by atoms with Crippen molar-refractivity contribution in [2.75, 3.05) is 5.73 Å². The van der Waals surface area contributed by atoms with Gasteiger partial charge in [-0.25, -0.2) is 0 Å². The summed E-state index contributed by atoms with van der Waals surface area (Å²) in [4.78, 5) is 0. The van der Waals surface area contributed by atoms with Crippen LogP contribution >= 0.6 is 0 Å². The van der Waals surface area contributed by atoms with Crippen molar-refractivity contribution < 1.29 is 0 Å². The molecule has 1 aliphatic rings. The Morgan fingerprint density at radius 3 is 2.47 bits per heavy atom. The van der Waals surface area contributed by atoms with Crippen LogP contribution in [-0.2, 0) is 0 Å². The van der Waals surface area contributed by atoms with E-state index in [1.54, 1.807) is 0 Å². The molecule has 0 aromatic heterocycles. The van der Waals surface area contributed by atoms with Crippen LogP contribution in [0.15, 0.2) is 42.5 Å². The van der Waals surface area contributed by atoms with Crippen LogP contribution in [0.4, 0.5) is 5.69 Å². The molecule has 1 atom stereocenters. The minimum atomic E-state index is -0.0719. The maximum atomic E-state index is 6.18. The lowest BCUT2D eigenvalue weighted by molar-refractivity contribution is 0.904. The molecule has 2 heteroatoms. The van der Waals surface area contributed by atoms with Crippen LogP contribution < -0.4 is 11.5 Å². The van der Waals surface area contributed by atoms with E-state index in [9.17, 15) is 0 Å². The number of hydrogen-bond acceptors (Lipinski definition) is 2. The Hall–Kier alpha value is -1.80. The van der Waals surface area contributed by atoms with Gasteiger partial charge in [-0.2, -0.15) is 0 Å². The number of nitrogens with two attached hydrogens (primary N) is 2. The molecule has 15 heavy (non-hydrogen) atoms. The first kappa shape index (κ1) is 8.50. The van der Waals surface area contributed by atoms with E-state index >= 15 is 0 Å². The Labute approximate surface area is 88.5 Å². The predicted molar refractivity (Wildman–Crippen MR) is 62.3 cm³/mol. The monoisotopic (exact) mass is 196 g/mol. The van der Waals surface area contributed by atoms with Crippen LogP contribution in [0.1, 0.15) is 17.2 Å². The molecule has 3 rings (SSSR count). The van der Waals surface area contributed by atoms with Gasteiger partial charge in [0.05, 0.1) is 6.04 Å². The maximum absolute atomic E-state index is 6.18. The van der Waals surface area contributed by atoms with E-state index < -0.39 is 0 Å². The van der Waals surface area contributed by atoms with E-state index in [0.717, 1.165) is 11.3 Å². The summed E-state index contributed by atoms with van der Waals surface area (Å²) in [5, 5.41) is 0. The highest BCUT2D eigenvalue weighted by atomic mass is 14.7. The Kier molecular flexibility index (Phi) is 1.61. The minimum Gasteiger partial charge on any atom is -0.398 e. The zero-order valence-electron chi connectivity index (χ0n) is 8.27. The first-order valence-corrected chi connectivity index (χ1v) is 5.02. The molecule has 0 spiro atoms. The van der Waals surface area contributed by atoms with Gasteiger partial charge in [-0.05, 0) is 22.8 Å². The van der Waals surface area contributed by atoms with Gasteiger partial charge >= 0.3 is 0 Å². The molecule has 2 aromatic rings. The average Bonchev–Trinajstić information content (AvgIpc) is 2.55. The second-order valence-electron chi connectivity index (χ2n) is 3.87. The average molecular weight is 196 g/mol. The lowest BCUT2D eigenvalue weighted by Gasteiger charge is -2.08. The van der Waals surface area contributed by atoms with Crippen molar-refractivity contribution in [3.05, 3.63) is 53.6 Å². The fourth-order valence-corrected chi connectivity index (χ4v) is 2.33. The van der Waals surface area contributed by atoms with Gasteiger partial charge in [-0.15, -0.1) is 0 Å². The number of fused-ring (bicyclic) bond motifs is 3. The third kappa shape index (κ3) is 1.02. The van der Waals surface area contributed by atoms with Crippen molar-refractivity contribution in [2.45, 2.75) is 6.04 Å².